The number of carbonyl (C=O) groups excluding carboxylic acids is 2. The van der Waals surface area contributed by atoms with Gasteiger partial charge in [-0.1, -0.05) is 30.3 Å². The van der Waals surface area contributed by atoms with Crippen LogP contribution in [0.2, 0.25) is 0 Å². The van der Waals surface area contributed by atoms with Gasteiger partial charge in [-0.15, -0.1) is 0 Å². The second-order valence-electron chi connectivity index (χ2n) is 7.44. The number of hydroxylamine groups is 1. The summed E-state index contributed by atoms with van der Waals surface area (Å²) in [5.74, 6) is -0.863. The summed E-state index contributed by atoms with van der Waals surface area (Å²) in [4.78, 5) is 23.4. The molecule has 162 valence electrons. The molecule has 0 radical (unpaired) electrons. The number of hydrogen-bond donors (Lipinski definition) is 3. The number of nitrogens with zero attached hydrogens (tertiary/aromatic N) is 1. The molecule has 2 amide bonds. The maximum Gasteiger partial charge on any atom is 0.412 e. The fourth-order valence-corrected chi connectivity index (χ4v) is 3.87. The van der Waals surface area contributed by atoms with Gasteiger partial charge >= 0.3 is 6.09 Å². The van der Waals surface area contributed by atoms with E-state index in [2.05, 4.69) is 5.32 Å². The van der Waals surface area contributed by atoms with Crippen molar-refractivity contribution < 1.29 is 28.0 Å². The molecule has 0 aromatic heterocycles. The van der Waals surface area contributed by atoms with Crippen LogP contribution in [0.5, 0.6) is 0 Å². The standard InChI is InChI=1S/C20H25N3O6S/c1-20(2,3)29-19(25)21-16-9-11-17(12-10-16)30(27,28)23(14-18(24)22-26)13-15-7-5-4-6-8-15/h4-12,26H,13-14H2,1-3H3,(H,21,25)(H,22,24). The molecule has 0 aliphatic heterocycles. The van der Waals surface area contributed by atoms with Crippen LogP contribution in [0.1, 0.15) is 26.3 Å². The summed E-state index contributed by atoms with van der Waals surface area (Å²) >= 11 is 0. The first-order valence-corrected chi connectivity index (χ1v) is 10.5. The SMILES string of the molecule is CC(C)(C)OC(=O)Nc1ccc(S(=O)(=O)N(CC(=O)NO)Cc2ccccc2)cc1. The lowest BCUT2D eigenvalue weighted by Crippen LogP contribution is -2.39. The minimum atomic E-state index is -4.06. The van der Waals surface area contributed by atoms with Crippen LogP contribution in [-0.4, -0.2) is 42.1 Å². The number of hydrogen-bond acceptors (Lipinski definition) is 6. The number of ether oxygens (including phenoxy) is 1. The number of carbonyl (C=O) groups is 2. The normalized spacial score (nSPS) is 11.8. The highest BCUT2D eigenvalue weighted by molar-refractivity contribution is 7.89. The number of sulfonamides is 1. The van der Waals surface area contributed by atoms with E-state index in [4.69, 9.17) is 9.94 Å². The zero-order valence-electron chi connectivity index (χ0n) is 17.0. The highest BCUT2D eigenvalue weighted by Crippen LogP contribution is 2.21. The van der Waals surface area contributed by atoms with Crippen LogP contribution in [0, 0.1) is 0 Å². The van der Waals surface area contributed by atoms with Crippen LogP contribution in [0.3, 0.4) is 0 Å². The third kappa shape index (κ3) is 6.83. The van der Waals surface area contributed by atoms with Gasteiger partial charge in [0.1, 0.15) is 5.60 Å². The number of benzene rings is 2. The molecule has 0 heterocycles. The van der Waals surface area contributed by atoms with E-state index in [1.54, 1.807) is 51.1 Å². The second-order valence-corrected chi connectivity index (χ2v) is 9.38. The Hall–Kier alpha value is -2.95. The van der Waals surface area contributed by atoms with Crippen LogP contribution in [0.15, 0.2) is 59.5 Å². The van der Waals surface area contributed by atoms with Gasteiger partial charge in [0.15, 0.2) is 0 Å². The molecular weight excluding hydrogens is 410 g/mol. The first-order valence-electron chi connectivity index (χ1n) is 9.08. The number of nitrogens with one attached hydrogen (secondary N) is 2. The monoisotopic (exact) mass is 435 g/mol. The zero-order valence-corrected chi connectivity index (χ0v) is 17.8. The molecule has 0 atom stereocenters. The van der Waals surface area contributed by atoms with Crippen LogP contribution in [-0.2, 0) is 26.1 Å². The third-order valence-corrected chi connectivity index (χ3v) is 5.59. The highest BCUT2D eigenvalue weighted by atomic mass is 32.2. The molecule has 9 nitrogen and oxygen atoms in total. The summed E-state index contributed by atoms with van der Waals surface area (Å²) in [6.45, 7) is 4.56. The Bertz CT molecular complexity index is 970. The Labute approximate surface area is 175 Å². The lowest BCUT2D eigenvalue weighted by molar-refractivity contribution is -0.129. The second kappa shape index (κ2) is 9.70. The maximum atomic E-state index is 13.1. The van der Waals surface area contributed by atoms with Gasteiger partial charge in [-0.05, 0) is 50.6 Å². The van der Waals surface area contributed by atoms with Crippen molar-refractivity contribution in [1.82, 2.24) is 9.79 Å². The van der Waals surface area contributed by atoms with Gasteiger partial charge in [0.25, 0.3) is 5.91 Å². The smallest absolute Gasteiger partial charge is 0.412 e. The molecule has 0 aliphatic carbocycles. The van der Waals surface area contributed by atoms with Crippen LogP contribution >= 0.6 is 0 Å². The molecular formula is C20H25N3O6S. The van der Waals surface area contributed by atoms with E-state index >= 15 is 0 Å². The first-order chi connectivity index (χ1) is 14.0. The predicted molar refractivity (Wildman–Crippen MR) is 110 cm³/mol. The Balaban J connectivity index is 2.22. The topological polar surface area (TPSA) is 125 Å². The first kappa shape index (κ1) is 23.3. The number of anilines is 1. The van der Waals surface area contributed by atoms with Crippen molar-refractivity contribution in [2.24, 2.45) is 0 Å². The summed E-state index contributed by atoms with van der Waals surface area (Å²) in [7, 11) is -4.06. The van der Waals surface area contributed by atoms with Crippen molar-refractivity contribution in [3.63, 3.8) is 0 Å². The van der Waals surface area contributed by atoms with Crippen LogP contribution in [0.25, 0.3) is 0 Å². The van der Waals surface area contributed by atoms with Crippen molar-refractivity contribution >= 4 is 27.7 Å². The average Bonchev–Trinajstić information content (AvgIpc) is 2.67. The van der Waals surface area contributed by atoms with E-state index < -0.39 is 34.2 Å². The summed E-state index contributed by atoms with van der Waals surface area (Å²) in [5.41, 5.74) is 1.81. The Kier molecular flexibility index (Phi) is 7.54. The van der Waals surface area contributed by atoms with Crippen molar-refractivity contribution in [2.45, 2.75) is 37.8 Å². The molecule has 2 aromatic rings. The van der Waals surface area contributed by atoms with Crippen molar-refractivity contribution in [2.75, 3.05) is 11.9 Å². The molecule has 0 saturated heterocycles. The van der Waals surface area contributed by atoms with Gasteiger partial charge in [0.2, 0.25) is 10.0 Å². The van der Waals surface area contributed by atoms with E-state index in [0.29, 0.717) is 11.3 Å². The predicted octanol–water partition coefficient (Wildman–Crippen LogP) is 2.73. The molecule has 0 bridgehead atoms. The van der Waals surface area contributed by atoms with Crippen molar-refractivity contribution in [1.29, 1.82) is 0 Å². The quantitative estimate of drug-likeness (QED) is 0.454. The third-order valence-electron chi connectivity index (χ3n) is 3.78. The van der Waals surface area contributed by atoms with E-state index in [1.165, 1.54) is 29.7 Å². The zero-order chi connectivity index (χ0) is 22.4. The molecule has 3 N–H and O–H groups in total. The van der Waals surface area contributed by atoms with Gasteiger partial charge < -0.3 is 4.74 Å². The molecule has 0 spiro atoms. The largest absolute Gasteiger partial charge is 0.444 e. The molecule has 0 aliphatic rings. The van der Waals surface area contributed by atoms with E-state index in [0.717, 1.165) is 4.31 Å². The molecule has 2 rings (SSSR count). The van der Waals surface area contributed by atoms with Crippen LogP contribution < -0.4 is 10.8 Å². The maximum absolute atomic E-state index is 13.1. The summed E-state index contributed by atoms with van der Waals surface area (Å²) in [5, 5.41) is 11.3. The van der Waals surface area contributed by atoms with Crippen LogP contribution in [0.4, 0.5) is 10.5 Å². The summed E-state index contributed by atoms with van der Waals surface area (Å²) in [6, 6.07) is 14.2. The van der Waals surface area contributed by atoms with E-state index in [-0.39, 0.29) is 11.4 Å². The Morgan fingerprint density at radius 2 is 1.63 bits per heavy atom. The summed E-state index contributed by atoms with van der Waals surface area (Å²) in [6.07, 6.45) is -0.663. The van der Waals surface area contributed by atoms with Gasteiger partial charge in [0, 0.05) is 12.2 Å². The molecule has 0 saturated carbocycles. The summed E-state index contributed by atoms with van der Waals surface area (Å²) < 4.78 is 32.2. The molecule has 30 heavy (non-hydrogen) atoms. The fourth-order valence-electron chi connectivity index (χ4n) is 2.49. The minimum Gasteiger partial charge on any atom is -0.444 e. The van der Waals surface area contributed by atoms with E-state index in [1.807, 2.05) is 0 Å². The van der Waals surface area contributed by atoms with Crippen molar-refractivity contribution in [3.05, 3.63) is 60.2 Å². The van der Waals surface area contributed by atoms with Gasteiger partial charge in [-0.3, -0.25) is 15.3 Å². The lowest BCUT2D eigenvalue weighted by Gasteiger charge is -2.22. The fraction of sp³-hybridized carbons (Fsp3) is 0.300. The molecule has 2 aromatic carbocycles. The number of rotatable bonds is 7. The number of amides is 2. The highest BCUT2D eigenvalue weighted by Gasteiger charge is 2.27. The lowest BCUT2D eigenvalue weighted by atomic mass is 10.2. The minimum absolute atomic E-state index is 0.0610. The van der Waals surface area contributed by atoms with Gasteiger partial charge in [-0.25, -0.2) is 18.7 Å². The Morgan fingerprint density at radius 3 is 2.17 bits per heavy atom. The molecule has 0 unspecified atom stereocenters. The molecule has 10 heteroatoms. The van der Waals surface area contributed by atoms with Gasteiger partial charge in [-0.2, -0.15) is 4.31 Å². The van der Waals surface area contributed by atoms with E-state index in [9.17, 15) is 18.0 Å². The molecule has 0 fully saturated rings. The van der Waals surface area contributed by atoms with Crippen molar-refractivity contribution in [3.8, 4) is 0 Å². The van der Waals surface area contributed by atoms with Gasteiger partial charge in [0.05, 0.1) is 11.4 Å². The average molecular weight is 436 g/mol. The Morgan fingerprint density at radius 1 is 1.03 bits per heavy atom.